The van der Waals surface area contributed by atoms with Gasteiger partial charge < -0.3 is 9.80 Å². The second kappa shape index (κ2) is 8.67. The monoisotopic (exact) mass is 196 g/mol. The zero-order valence-electron chi connectivity index (χ0n) is 10.0. The molecule has 0 aliphatic heterocycles. The summed E-state index contributed by atoms with van der Waals surface area (Å²) in [7, 11) is 0. The topological polar surface area (TPSA) is 6.48 Å². The zero-order valence-corrected chi connectivity index (χ0v) is 10.0. The van der Waals surface area contributed by atoms with E-state index in [1.807, 2.05) is 0 Å². The van der Waals surface area contributed by atoms with E-state index in [1.165, 1.54) is 0 Å². The van der Waals surface area contributed by atoms with Crippen LogP contribution in [0, 0.1) is 0 Å². The van der Waals surface area contributed by atoms with E-state index in [1.54, 1.807) is 0 Å². The predicted octanol–water partition coefficient (Wildman–Crippen LogP) is 2.70. The first-order chi connectivity index (χ1) is 6.78. The van der Waals surface area contributed by atoms with Crippen LogP contribution in [-0.2, 0) is 0 Å². The molecule has 0 aromatic heterocycles. The fourth-order valence-electron chi connectivity index (χ4n) is 1.21. The molecule has 2 heteroatoms. The van der Waals surface area contributed by atoms with Crippen molar-refractivity contribution in [2.75, 3.05) is 26.2 Å². The average Bonchev–Trinajstić information content (AvgIpc) is 2.24. The maximum atomic E-state index is 2.27. The molecule has 82 valence electrons. The van der Waals surface area contributed by atoms with E-state index in [2.05, 4.69) is 62.0 Å². The Balaban J connectivity index is 3.89. The molecule has 0 saturated heterocycles. The fourth-order valence-corrected chi connectivity index (χ4v) is 1.21. The highest BCUT2D eigenvalue weighted by atomic mass is 15.1. The third kappa shape index (κ3) is 5.68. The summed E-state index contributed by atoms with van der Waals surface area (Å²) >= 11 is 0. The van der Waals surface area contributed by atoms with E-state index in [4.69, 9.17) is 0 Å². The highest BCUT2D eigenvalue weighted by molar-refractivity contribution is 5.01. The lowest BCUT2D eigenvalue weighted by molar-refractivity contribution is 0.415. The molecule has 0 fully saturated rings. The lowest BCUT2D eigenvalue weighted by atomic mass is 10.4. The first kappa shape index (κ1) is 13.1. The van der Waals surface area contributed by atoms with Crippen molar-refractivity contribution in [2.24, 2.45) is 0 Å². The van der Waals surface area contributed by atoms with Crippen LogP contribution in [0.5, 0.6) is 0 Å². The summed E-state index contributed by atoms with van der Waals surface area (Å²) in [5.74, 6) is 0. The van der Waals surface area contributed by atoms with Crippen LogP contribution in [0.3, 0.4) is 0 Å². The quantitative estimate of drug-likeness (QED) is 0.578. The molecule has 0 radical (unpaired) electrons. The number of nitrogens with zero attached hydrogens (tertiary/aromatic N) is 2. The Labute approximate surface area is 88.9 Å². The van der Waals surface area contributed by atoms with Gasteiger partial charge in [-0.05, 0) is 52.2 Å². The van der Waals surface area contributed by atoms with Crippen LogP contribution in [0.4, 0.5) is 0 Å². The average molecular weight is 196 g/mol. The molecule has 14 heavy (non-hydrogen) atoms. The summed E-state index contributed by atoms with van der Waals surface area (Å²) in [6.45, 7) is 13.0. The highest BCUT2D eigenvalue weighted by Gasteiger charge is 1.88. The van der Waals surface area contributed by atoms with Gasteiger partial charge in [-0.2, -0.15) is 0 Å². The third-order valence-electron chi connectivity index (χ3n) is 2.33. The molecule has 0 saturated carbocycles. The first-order valence-corrected chi connectivity index (χ1v) is 5.61. The van der Waals surface area contributed by atoms with Crippen LogP contribution in [-0.4, -0.2) is 36.0 Å². The largest absolute Gasteiger partial charge is 0.378 e. The molecule has 0 atom stereocenters. The molecule has 0 aliphatic carbocycles. The Kier molecular flexibility index (Phi) is 8.10. The molecule has 0 heterocycles. The van der Waals surface area contributed by atoms with E-state index in [-0.39, 0.29) is 0 Å². The standard InChI is InChI=1S/C12H24N2/c1-5-13(6-2)11-9-10-12-14(7-3)8-4/h9-12H,5-8H2,1-4H3/b11-9-,12-10+. The van der Waals surface area contributed by atoms with Crippen LogP contribution >= 0.6 is 0 Å². The van der Waals surface area contributed by atoms with Crippen molar-refractivity contribution in [3.05, 3.63) is 24.6 Å². The molecule has 0 rings (SSSR count). The maximum Gasteiger partial charge on any atom is 0.0143 e. The SMILES string of the molecule is CCN(/C=C\C=C\N(CC)CC)CC. The minimum Gasteiger partial charge on any atom is -0.378 e. The molecular weight excluding hydrogens is 172 g/mol. The van der Waals surface area contributed by atoms with Crippen molar-refractivity contribution in [3.63, 3.8) is 0 Å². The second-order valence-electron chi connectivity index (χ2n) is 3.13. The lowest BCUT2D eigenvalue weighted by Gasteiger charge is -2.15. The van der Waals surface area contributed by atoms with Crippen LogP contribution < -0.4 is 0 Å². The van der Waals surface area contributed by atoms with E-state index < -0.39 is 0 Å². The molecule has 0 amide bonds. The summed E-state index contributed by atoms with van der Waals surface area (Å²) < 4.78 is 0. The van der Waals surface area contributed by atoms with E-state index in [9.17, 15) is 0 Å². The van der Waals surface area contributed by atoms with Gasteiger partial charge in [0.05, 0.1) is 0 Å². The summed E-state index contributed by atoms with van der Waals surface area (Å²) in [6.07, 6.45) is 8.48. The Hall–Kier alpha value is -0.920. The predicted molar refractivity (Wildman–Crippen MR) is 64.1 cm³/mol. The molecule has 0 aliphatic rings. The number of allylic oxidation sites excluding steroid dienone is 2. The van der Waals surface area contributed by atoms with Gasteiger partial charge in [0.15, 0.2) is 0 Å². The molecular formula is C12H24N2. The number of rotatable bonds is 7. The first-order valence-electron chi connectivity index (χ1n) is 5.61. The van der Waals surface area contributed by atoms with Gasteiger partial charge in [-0.15, -0.1) is 0 Å². The Morgan fingerprint density at radius 2 is 0.929 bits per heavy atom. The van der Waals surface area contributed by atoms with Gasteiger partial charge in [-0.1, -0.05) is 0 Å². The van der Waals surface area contributed by atoms with E-state index in [0.29, 0.717) is 0 Å². The zero-order chi connectivity index (χ0) is 10.8. The van der Waals surface area contributed by atoms with Crippen molar-refractivity contribution in [3.8, 4) is 0 Å². The van der Waals surface area contributed by atoms with Gasteiger partial charge >= 0.3 is 0 Å². The molecule has 2 nitrogen and oxygen atoms in total. The van der Waals surface area contributed by atoms with Crippen LogP contribution in [0.2, 0.25) is 0 Å². The van der Waals surface area contributed by atoms with Gasteiger partial charge in [0.1, 0.15) is 0 Å². The molecule has 0 aromatic rings. The van der Waals surface area contributed by atoms with Crippen LogP contribution in [0.1, 0.15) is 27.7 Å². The summed E-state index contributed by atoms with van der Waals surface area (Å²) in [5.41, 5.74) is 0. The minimum absolute atomic E-state index is 1.08. The third-order valence-corrected chi connectivity index (χ3v) is 2.33. The summed E-state index contributed by atoms with van der Waals surface area (Å²) in [6, 6.07) is 0. The van der Waals surface area contributed by atoms with Gasteiger partial charge in [0.2, 0.25) is 0 Å². The second-order valence-corrected chi connectivity index (χ2v) is 3.13. The Morgan fingerprint density at radius 3 is 1.14 bits per heavy atom. The molecule has 0 unspecified atom stereocenters. The van der Waals surface area contributed by atoms with Crippen molar-refractivity contribution < 1.29 is 0 Å². The maximum absolute atomic E-state index is 2.27. The molecule has 0 N–H and O–H groups in total. The van der Waals surface area contributed by atoms with Crippen molar-refractivity contribution in [2.45, 2.75) is 27.7 Å². The van der Waals surface area contributed by atoms with Crippen molar-refractivity contribution >= 4 is 0 Å². The van der Waals surface area contributed by atoms with Gasteiger partial charge in [-0.3, -0.25) is 0 Å². The molecule has 0 aromatic carbocycles. The normalized spacial score (nSPS) is 11.4. The van der Waals surface area contributed by atoms with E-state index >= 15 is 0 Å². The van der Waals surface area contributed by atoms with E-state index in [0.717, 1.165) is 26.2 Å². The lowest BCUT2D eigenvalue weighted by Crippen LogP contribution is -2.15. The summed E-state index contributed by atoms with van der Waals surface area (Å²) in [4.78, 5) is 4.54. The summed E-state index contributed by atoms with van der Waals surface area (Å²) in [5, 5.41) is 0. The fraction of sp³-hybridized carbons (Fsp3) is 0.667. The minimum atomic E-state index is 1.08. The van der Waals surface area contributed by atoms with Gasteiger partial charge in [0, 0.05) is 26.2 Å². The van der Waals surface area contributed by atoms with Gasteiger partial charge in [-0.25, -0.2) is 0 Å². The van der Waals surface area contributed by atoms with Gasteiger partial charge in [0.25, 0.3) is 0 Å². The Bertz CT molecular complexity index is 145. The molecule has 0 bridgehead atoms. The van der Waals surface area contributed by atoms with Crippen LogP contribution in [0.25, 0.3) is 0 Å². The Morgan fingerprint density at radius 1 is 0.643 bits per heavy atom. The highest BCUT2D eigenvalue weighted by Crippen LogP contribution is 1.91. The smallest absolute Gasteiger partial charge is 0.0143 e. The molecule has 0 spiro atoms. The van der Waals surface area contributed by atoms with Crippen molar-refractivity contribution in [1.82, 2.24) is 9.80 Å². The van der Waals surface area contributed by atoms with Crippen LogP contribution in [0.15, 0.2) is 24.6 Å². The number of hydrogen-bond acceptors (Lipinski definition) is 2. The van der Waals surface area contributed by atoms with Crippen molar-refractivity contribution in [1.29, 1.82) is 0 Å². The number of hydrogen-bond donors (Lipinski definition) is 0.